The van der Waals surface area contributed by atoms with Crippen molar-refractivity contribution in [2.45, 2.75) is 0 Å². The molecule has 1 radical (unpaired) electrons. The average molecular weight is 128 g/mol. The minimum atomic E-state index is 0.435. The molecule has 0 aliphatic heterocycles. The van der Waals surface area contributed by atoms with E-state index in [0.717, 1.165) is 0 Å². The van der Waals surface area contributed by atoms with Gasteiger partial charge >= 0.3 is 0 Å². The molecule has 0 amide bonds. The fraction of sp³-hybridized carbons (Fsp3) is 0. The summed E-state index contributed by atoms with van der Waals surface area (Å²) < 4.78 is 0. The van der Waals surface area contributed by atoms with Crippen molar-refractivity contribution in [3.63, 3.8) is 0 Å². The summed E-state index contributed by atoms with van der Waals surface area (Å²) in [5.41, 5.74) is 0. The maximum Gasteiger partial charge on any atom is 0.132 e. The molecule has 41 valence electrons. The van der Waals surface area contributed by atoms with E-state index in [4.69, 9.17) is 11.6 Å². The van der Waals surface area contributed by atoms with Gasteiger partial charge in [-0.05, 0) is 6.07 Å². The molecule has 0 aliphatic rings. The first-order chi connectivity index (χ1) is 3.79. The Hall–Kier alpha value is -0.630. The van der Waals surface area contributed by atoms with Crippen molar-refractivity contribution in [1.82, 2.24) is 9.97 Å². The topological polar surface area (TPSA) is 25.8 Å². The average Bonchev–Trinajstić information content (AvgIpc) is 1.64. The van der Waals surface area contributed by atoms with E-state index >= 15 is 0 Å². The third kappa shape index (κ3) is 1.17. The van der Waals surface area contributed by atoms with Gasteiger partial charge in [-0.3, -0.25) is 0 Å². The van der Waals surface area contributed by atoms with E-state index in [1.165, 1.54) is 0 Å². The zero-order valence-electron chi connectivity index (χ0n) is 4.13. The Labute approximate surface area is 52.5 Å². The van der Waals surface area contributed by atoms with Crippen molar-refractivity contribution in [3.05, 3.63) is 30.2 Å². The summed E-state index contributed by atoms with van der Waals surface area (Å²) in [5.74, 6) is 0.456. The van der Waals surface area contributed by atoms with Crippen molar-refractivity contribution in [1.29, 1.82) is 0 Å². The summed E-state index contributed by atoms with van der Waals surface area (Å²) in [6, 6.07) is 1.61. The predicted molar refractivity (Wildman–Crippen MR) is 31.5 cm³/mol. The van der Waals surface area contributed by atoms with Crippen LogP contribution in [0, 0.1) is 6.92 Å². The zero-order valence-corrected chi connectivity index (χ0v) is 4.89. The molecule has 8 heavy (non-hydrogen) atoms. The van der Waals surface area contributed by atoms with Crippen LogP contribution in [-0.4, -0.2) is 9.97 Å². The minimum Gasteiger partial charge on any atom is -0.241 e. The van der Waals surface area contributed by atoms with Crippen molar-refractivity contribution in [3.8, 4) is 0 Å². The highest BCUT2D eigenvalue weighted by atomic mass is 35.5. The molecule has 0 saturated carbocycles. The highest BCUT2D eigenvalue weighted by Crippen LogP contribution is 1.99. The van der Waals surface area contributed by atoms with Gasteiger partial charge in [-0.2, -0.15) is 0 Å². The molecule has 0 atom stereocenters. The lowest BCUT2D eigenvalue weighted by Gasteiger charge is -1.87. The fourth-order valence-corrected chi connectivity index (χ4v) is 0.528. The van der Waals surface area contributed by atoms with Gasteiger partial charge in [0.25, 0.3) is 0 Å². The summed E-state index contributed by atoms with van der Waals surface area (Å²) in [4.78, 5) is 7.45. The second-order valence-corrected chi connectivity index (χ2v) is 1.68. The summed E-state index contributed by atoms with van der Waals surface area (Å²) >= 11 is 5.45. The van der Waals surface area contributed by atoms with E-state index in [-0.39, 0.29) is 0 Å². The van der Waals surface area contributed by atoms with Crippen LogP contribution in [0.1, 0.15) is 5.82 Å². The first-order valence-electron chi connectivity index (χ1n) is 2.09. The molecule has 0 bridgehead atoms. The first-order valence-corrected chi connectivity index (χ1v) is 2.47. The van der Waals surface area contributed by atoms with Gasteiger partial charge in [0.05, 0.1) is 0 Å². The molecule has 0 saturated heterocycles. The van der Waals surface area contributed by atoms with Crippen LogP contribution < -0.4 is 0 Å². The molecular weight excluding hydrogens is 124 g/mol. The molecule has 2 nitrogen and oxygen atoms in total. The summed E-state index contributed by atoms with van der Waals surface area (Å²) in [6.07, 6.45) is 1.57. The monoisotopic (exact) mass is 127 g/mol. The lowest BCUT2D eigenvalue weighted by Crippen LogP contribution is -1.83. The Kier molecular flexibility index (Phi) is 1.44. The van der Waals surface area contributed by atoms with Gasteiger partial charge < -0.3 is 0 Å². The van der Waals surface area contributed by atoms with Gasteiger partial charge in [-0.25, -0.2) is 9.97 Å². The van der Waals surface area contributed by atoms with Crippen molar-refractivity contribution in [2.24, 2.45) is 0 Å². The highest BCUT2D eigenvalue weighted by Gasteiger charge is 1.85. The largest absolute Gasteiger partial charge is 0.241 e. The number of aromatic nitrogens is 2. The van der Waals surface area contributed by atoms with Crippen molar-refractivity contribution >= 4 is 11.6 Å². The van der Waals surface area contributed by atoms with Crippen LogP contribution in [0.25, 0.3) is 0 Å². The van der Waals surface area contributed by atoms with Gasteiger partial charge in [0.2, 0.25) is 0 Å². The molecule has 0 spiro atoms. The van der Waals surface area contributed by atoms with Crippen LogP contribution in [0.5, 0.6) is 0 Å². The molecule has 1 heterocycles. The van der Waals surface area contributed by atoms with Crippen molar-refractivity contribution in [2.75, 3.05) is 0 Å². The number of hydrogen-bond donors (Lipinski definition) is 0. The smallest absolute Gasteiger partial charge is 0.132 e. The number of halogens is 1. The van der Waals surface area contributed by atoms with E-state index in [2.05, 4.69) is 16.9 Å². The molecular formula is C5H4ClN2. The zero-order chi connectivity index (χ0) is 5.98. The highest BCUT2D eigenvalue weighted by molar-refractivity contribution is 6.29. The van der Waals surface area contributed by atoms with Gasteiger partial charge in [0, 0.05) is 13.1 Å². The number of nitrogens with zero attached hydrogens (tertiary/aromatic N) is 2. The van der Waals surface area contributed by atoms with Gasteiger partial charge in [-0.15, -0.1) is 0 Å². The maximum absolute atomic E-state index is 5.45. The summed E-state index contributed by atoms with van der Waals surface area (Å²) in [5, 5.41) is 0.435. The van der Waals surface area contributed by atoms with Crippen LogP contribution in [-0.2, 0) is 0 Å². The Morgan fingerprint density at radius 1 is 1.62 bits per heavy atom. The van der Waals surface area contributed by atoms with Crippen LogP contribution in [0.2, 0.25) is 5.15 Å². The molecule has 0 N–H and O–H groups in total. The standard InChI is InChI=1S/C5H4ClN2/c1-4-7-3-2-5(6)8-4/h2-3H,1H2. The second kappa shape index (κ2) is 2.09. The second-order valence-electron chi connectivity index (χ2n) is 1.30. The molecule has 1 aromatic rings. The van der Waals surface area contributed by atoms with Crippen LogP contribution in [0.3, 0.4) is 0 Å². The van der Waals surface area contributed by atoms with Gasteiger partial charge in [-0.1, -0.05) is 11.6 Å². The Bertz CT molecular complexity index is 170. The SMILES string of the molecule is [CH2]c1nccc(Cl)n1. The molecule has 1 rings (SSSR count). The molecule has 1 aromatic heterocycles. The van der Waals surface area contributed by atoms with Crippen LogP contribution in [0.4, 0.5) is 0 Å². The predicted octanol–water partition coefficient (Wildman–Crippen LogP) is 1.31. The summed E-state index contributed by atoms with van der Waals surface area (Å²) in [7, 11) is 0. The van der Waals surface area contributed by atoms with E-state index in [9.17, 15) is 0 Å². The fourth-order valence-electron chi connectivity index (χ4n) is 0.374. The molecule has 0 fully saturated rings. The number of rotatable bonds is 0. The van der Waals surface area contributed by atoms with Crippen molar-refractivity contribution < 1.29 is 0 Å². The van der Waals surface area contributed by atoms with Gasteiger partial charge in [0.1, 0.15) is 11.0 Å². The Balaban J connectivity index is 3.08. The third-order valence-electron chi connectivity index (χ3n) is 0.671. The molecule has 0 unspecified atom stereocenters. The Morgan fingerprint density at radius 2 is 2.38 bits per heavy atom. The van der Waals surface area contributed by atoms with E-state index in [0.29, 0.717) is 11.0 Å². The molecule has 3 heteroatoms. The van der Waals surface area contributed by atoms with Crippen LogP contribution >= 0.6 is 11.6 Å². The molecule has 0 aromatic carbocycles. The minimum absolute atomic E-state index is 0.435. The number of hydrogen-bond acceptors (Lipinski definition) is 2. The van der Waals surface area contributed by atoms with E-state index < -0.39 is 0 Å². The normalized spacial score (nSPS) is 9.25. The molecule has 0 aliphatic carbocycles. The lowest BCUT2D eigenvalue weighted by atomic mass is 10.6. The van der Waals surface area contributed by atoms with Gasteiger partial charge in [0.15, 0.2) is 0 Å². The first kappa shape index (κ1) is 5.51. The van der Waals surface area contributed by atoms with E-state index in [1.807, 2.05) is 0 Å². The van der Waals surface area contributed by atoms with E-state index in [1.54, 1.807) is 12.3 Å². The Morgan fingerprint density at radius 3 is 2.75 bits per heavy atom. The quantitative estimate of drug-likeness (QED) is 0.491. The lowest BCUT2D eigenvalue weighted by molar-refractivity contribution is 1.11. The summed E-state index contributed by atoms with van der Waals surface area (Å²) in [6.45, 7) is 3.47. The van der Waals surface area contributed by atoms with Crippen LogP contribution in [0.15, 0.2) is 12.3 Å². The third-order valence-corrected chi connectivity index (χ3v) is 0.882. The maximum atomic E-state index is 5.45.